The first kappa shape index (κ1) is 12.2. The molecule has 1 aromatic heterocycles. The van der Waals surface area contributed by atoms with Gasteiger partial charge in [-0.25, -0.2) is 9.78 Å². The van der Waals surface area contributed by atoms with Gasteiger partial charge in [-0.15, -0.1) is 0 Å². The number of methoxy groups -OCH3 is 1. The normalized spacial score (nSPS) is 14.2. The third-order valence-electron chi connectivity index (χ3n) is 1.99. The molecule has 7 heteroatoms. The maximum atomic E-state index is 10.4. The van der Waals surface area contributed by atoms with Gasteiger partial charge in [0.1, 0.15) is 6.10 Å². The zero-order valence-corrected chi connectivity index (χ0v) is 8.49. The SMILES string of the molecule is COc1ncc(C(O)C(O)C(=O)O)cc1N. The van der Waals surface area contributed by atoms with Gasteiger partial charge in [-0.1, -0.05) is 0 Å². The summed E-state index contributed by atoms with van der Waals surface area (Å²) in [6.45, 7) is 0. The number of ether oxygens (including phenoxy) is 1. The van der Waals surface area contributed by atoms with Crippen LogP contribution in [0.1, 0.15) is 11.7 Å². The van der Waals surface area contributed by atoms with Crippen molar-refractivity contribution in [1.29, 1.82) is 0 Å². The summed E-state index contributed by atoms with van der Waals surface area (Å²) in [5.74, 6) is -1.36. The highest BCUT2D eigenvalue weighted by Gasteiger charge is 2.25. The summed E-state index contributed by atoms with van der Waals surface area (Å²) in [5.41, 5.74) is 5.77. The summed E-state index contributed by atoms with van der Waals surface area (Å²) in [7, 11) is 1.38. The molecule has 2 atom stereocenters. The van der Waals surface area contributed by atoms with Crippen molar-refractivity contribution in [1.82, 2.24) is 4.98 Å². The first-order chi connectivity index (χ1) is 7.47. The van der Waals surface area contributed by atoms with Crippen molar-refractivity contribution < 1.29 is 24.9 Å². The number of pyridine rings is 1. The molecule has 5 N–H and O–H groups in total. The molecule has 0 spiro atoms. The van der Waals surface area contributed by atoms with E-state index in [9.17, 15) is 9.90 Å². The van der Waals surface area contributed by atoms with Gasteiger partial charge < -0.3 is 25.8 Å². The molecule has 0 aliphatic heterocycles. The second-order valence-corrected chi connectivity index (χ2v) is 3.10. The molecule has 0 saturated carbocycles. The number of nitrogen functional groups attached to an aromatic ring is 1. The molecule has 1 aromatic rings. The molecule has 0 saturated heterocycles. The highest BCUT2D eigenvalue weighted by Crippen LogP contribution is 2.24. The molecule has 1 rings (SSSR count). The largest absolute Gasteiger partial charge is 0.480 e. The molecule has 7 nitrogen and oxygen atoms in total. The molecule has 88 valence electrons. The van der Waals surface area contributed by atoms with E-state index in [-0.39, 0.29) is 17.1 Å². The molecule has 0 radical (unpaired) electrons. The lowest BCUT2D eigenvalue weighted by atomic mass is 10.1. The fourth-order valence-electron chi connectivity index (χ4n) is 1.14. The Morgan fingerprint density at radius 2 is 2.19 bits per heavy atom. The van der Waals surface area contributed by atoms with Crippen molar-refractivity contribution in [2.75, 3.05) is 12.8 Å². The van der Waals surface area contributed by atoms with Gasteiger partial charge >= 0.3 is 5.97 Å². The second kappa shape index (κ2) is 4.77. The fourth-order valence-corrected chi connectivity index (χ4v) is 1.14. The van der Waals surface area contributed by atoms with E-state index in [0.717, 1.165) is 0 Å². The Balaban J connectivity index is 2.97. The first-order valence-corrected chi connectivity index (χ1v) is 4.35. The van der Waals surface area contributed by atoms with Crippen LogP contribution in [-0.4, -0.2) is 39.5 Å². The van der Waals surface area contributed by atoms with Crippen molar-refractivity contribution in [3.05, 3.63) is 17.8 Å². The summed E-state index contributed by atoms with van der Waals surface area (Å²) >= 11 is 0. The smallest absolute Gasteiger partial charge is 0.335 e. The minimum absolute atomic E-state index is 0.105. The van der Waals surface area contributed by atoms with E-state index in [4.69, 9.17) is 20.7 Å². The number of rotatable bonds is 4. The lowest BCUT2D eigenvalue weighted by Crippen LogP contribution is -2.27. The van der Waals surface area contributed by atoms with Crippen LogP contribution in [0.5, 0.6) is 5.88 Å². The van der Waals surface area contributed by atoms with E-state index in [1.807, 2.05) is 0 Å². The number of aliphatic hydroxyl groups excluding tert-OH is 2. The molecule has 0 aromatic carbocycles. The number of hydrogen-bond donors (Lipinski definition) is 4. The maximum absolute atomic E-state index is 10.4. The van der Waals surface area contributed by atoms with Crippen LogP contribution in [0.3, 0.4) is 0 Å². The lowest BCUT2D eigenvalue weighted by Gasteiger charge is -2.14. The van der Waals surface area contributed by atoms with E-state index in [1.54, 1.807) is 0 Å². The van der Waals surface area contributed by atoms with Gasteiger partial charge in [-0.05, 0) is 6.07 Å². The number of carboxylic acids is 1. The van der Waals surface area contributed by atoms with Crippen LogP contribution in [-0.2, 0) is 4.79 Å². The average Bonchev–Trinajstić information content (AvgIpc) is 2.26. The minimum Gasteiger partial charge on any atom is -0.480 e. The molecule has 1 heterocycles. The van der Waals surface area contributed by atoms with Crippen LogP contribution in [0.15, 0.2) is 12.3 Å². The van der Waals surface area contributed by atoms with Crippen molar-refractivity contribution in [2.45, 2.75) is 12.2 Å². The molecule has 0 aliphatic rings. The van der Waals surface area contributed by atoms with Crippen LogP contribution >= 0.6 is 0 Å². The van der Waals surface area contributed by atoms with E-state index < -0.39 is 18.2 Å². The standard InChI is InChI=1S/C9H12N2O5/c1-16-8-5(10)2-4(3-11-8)6(12)7(13)9(14)15/h2-3,6-7,12-13H,10H2,1H3,(H,14,15). The summed E-state index contributed by atoms with van der Waals surface area (Å²) in [6.07, 6.45) is -2.32. The Morgan fingerprint density at radius 1 is 1.56 bits per heavy atom. The third-order valence-corrected chi connectivity index (χ3v) is 1.99. The summed E-state index contributed by atoms with van der Waals surface area (Å²) in [6, 6.07) is 1.29. The van der Waals surface area contributed by atoms with Gasteiger partial charge in [-0.3, -0.25) is 0 Å². The zero-order chi connectivity index (χ0) is 12.3. The van der Waals surface area contributed by atoms with E-state index in [0.29, 0.717) is 0 Å². The molecule has 0 fully saturated rings. The second-order valence-electron chi connectivity index (χ2n) is 3.10. The van der Waals surface area contributed by atoms with Gasteiger partial charge in [0.2, 0.25) is 5.88 Å². The molecule has 0 bridgehead atoms. The number of carboxylic acid groups (broad SMARTS) is 1. The number of nitrogens with two attached hydrogens (primary N) is 1. The van der Waals surface area contributed by atoms with Gasteiger partial charge in [0.25, 0.3) is 0 Å². The van der Waals surface area contributed by atoms with E-state index >= 15 is 0 Å². The number of aromatic nitrogens is 1. The quantitative estimate of drug-likeness (QED) is 0.528. The van der Waals surface area contributed by atoms with Gasteiger partial charge in [-0.2, -0.15) is 0 Å². The van der Waals surface area contributed by atoms with Crippen molar-refractivity contribution in [3.63, 3.8) is 0 Å². The molecular formula is C9H12N2O5. The molecule has 0 aliphatic carbocycles. The van der Waals surface area contributed by atoms with Gasteiger partial charge in [0, 0.05) is 11.8 Å². The van der Waals surface area contributed by atoms with Crippen LogP contribution in [0, 0.1) is 0 Å². The van der Waals surface area contributed by atoms with E-state index in [2.05, 4.69) is 4.98 Å². The summed E-state index contributed by atoms with van der Waals surface area (Å²) in [5, 5.41) is 27.1. The topological polar surface area (TPSA) is 126 Å². The van der Waals surface area contributed by atoms with Crippen LogP contribution < -0.4 is 10.5 Å². The Hall–Kier alpha value is -1.86. The van der Waals surface area contributed by atoms with Gasteiger partial charge in [0.05, 0.1) is 12.8 Å². The Kier molecular flexibility index (Phi) is 3.64. The third kappa shape index (κ3) is 2.38. The minimum atomic E-state index is -1.92. The van der Waals surface area contributed by atoms with Gasteiger partial charge in [0.15, 0.2) is 6.10 Å². The Bertz CT molecular complexity index is 395. The molecule has 2 unspecified atom stereocenters. The summed E-state index contributed by atoms with van der Waals surface area (Å²) in [4.78, 5) is 14.2. The highest BCUT2D eigenvalue weighted by molar-refractivity contribution is 5.73. The van der Waals surface area contributed by atoms with Crippen molar-refractivity contribution >= 4 is 11.7 Å². The summed E-state index contributed by atoms with van der Waals surface area (Å²) < 4.78 is 4.79. The first-order valence-electron chi connectivity index (χ1n) is 4.35. The molecular weight excluding hydrogens is 216 g/mol. The number of nitrogens with zero attached hydrogens (tertiary/aromatic N) is 1. The Labute approximate surface area is 91.1 Å². The predicted octanol–water partition coefficient (Wildman–Crippen LogP) is -0.849. The number of carbonyl (C=O) groups is 1. The number of hydrogen-bond acceptors (Lipinski definition) is 6. The van der Waals surface area contributed by atoms with E-state index in [1.165, 1.54) is 19.4 Å². The van der Waals surface area contributed by atoms with Crippen molar-refractivity contribution in [3.8, 4) is 5.88 Å². The van der Waals surface area contributed by atoms with Crippen molar-refractivity contribution in [2.24, 2.45) is 0 Å². The monoisotopic (exact) mass is 228 g/mol. The number of aliphatic hydroxyl groups is 2. The average molecular weight is 228 g/mol. The lowest BCUT2D eigenvalue weighted by molar-refractivity contribution is -0.153. The molecule has 0 amide bonds. The predicted molar refractivity (Wildman–Crippen MR) is 53.8 cm³/mol. The number of anilines is 1. The Morgan fingerprint density at radius 3 is 2.62 bits per heavy atom. The zero-order valence-electron chi connectivity index (χ0n) is 8.49. The number of aliphatic carboxylic acids is 1. The fraction of sp³-hybridized carbons (Fsp3) is 0.333. The molecule has 16 heavy (non-hydrogen) atoms. The maximum Gasteiger partial charge on any atom is 0.335 e. The van der Waals surface area contributed by atoms with Crippen LogP contribution in [0.4, 0.5) is 5.69 Å². The highest BCUT2D eigenvalue weighted by atomic mass is 16.5. The van der Waals surface area contributed by atoms with Crippen LogP contribution in [0.25, 0.3) is 0 Å². The van der Waals surface area contributed by atoms with Crippen LogP contribution in [0.2, 0.25) is 0 Å².